The third kappa shape index (κ3) is 8.08. The molecule has 168 valence electrons. The number of nitrogens with zero attached hydrogens (tertiary/aromatic N) is 1. The Morgan fingerprint density at radius 1 is 1.10 bits per heavy atom. The summed E-state index contributed by atoms with van der Waals surface area (Å²) in [5.41, 5.74) is 1.10. The molecule has 0 aliphatic carbocycles. The van der Waals surface area contributed by atoms with E-state index >= 15 is 0 Å². The molecule has 2 rings (SSSR count). The molecule has 0 fully saturated rings. The first-order chi connectivity index (χ1) is 14.8. The Bertz CT molecular complexity index is 859. The Balaban J connectivity index is 2.13. The van der Waals surface area contributed by atoms with E-state index in [0.29, 0.717) is 47.6 Å². The first kappa shape index (κ1) is 25.0. The molecule has 0 aromatic heterocycles. The Hall–Kier alpha value is -2.24. The normalized spacial score (nSPS) is 11.8. The summed E-state index contributed by atoms with van der Waals surface area (Å²) < 4.78 is 5.65. The minimum absolute atomic E-state index is 0.151. The number of carbonyl (C=O) groups excluding carboxylic acids is 2. The fourth-order valence-electron chi connectivity index (χ4n) is 3.13. The van der Waals surface area contributed by atoms with Crippen LogP contribution >= 0.6 is 23.2 Å². The number of amides is 2. The Morgan fingerprint density at radius 2 is 1.81 bits per heavy atom. The molecule has 2 amide bonds. The number of hydrogen-bond donors (Lipinski definition) is 1. The predicted octanol–water partition coefficient (Wildman–Crippen LogP) is 4.99. The molecular formula is C24H30Cl2N2O3. The molecule has 1 N–H and O–H groups in total. The van der Waals surface area contributed by atoms with Gasteiger partial charge in [-0.25, -0.2) is 0 Å². The first-order valence-electron chi connectivity index (χ1n) is 10.5. The van der Waals surface area contributed by atoms with E-state index in [2.05, 4.69) is 5.32 Å². The zero-order valence-electron chi connectivity index (χ0n) is 18.2. The van der Waals surface area contributed by atoms with Crippen LogP contribution in [0.25, 0.3) is 0 Å². The van der Waals surface area contributed by atoms with Gasteiger partial charge in [-0.05, 0) is 42.5 Å². The quantitative estimate of drug-likeness (QED) is 0.509. The second-order valence-corrected chi connectivity index (χ2v) is 8.59. The van der Waals surface area contributed by atoms with Crippen LogP contribution < -0.4 is 10.1 Å². The molecule has 0 aliphatic heterocycles. The molecule has 0 radical (unpaired) electrons. The van der Waals surface area contributed by atoms with Crippen molar-refractivity contribution < 1.29 is 14.3 Å². The zero-order chi connectivity index (χ0) is 22.8. The lowest BCUT2D eigenvalue weighted by Crippen LogP contribution is -2.51. The van der Waals surface area contributed by atoms with Crippen molar-refractivity contribution in [3.63, 3.8) is 0 Å². The van der Waals surface area contributed by atoms with Crippen LogP contribution in [0.2, 0.25) is 10.0 Å². The smallest absolute Gasteiger partial charge is 0.261 e. The van der Waals surface area contributed by atoms with Crippen LogP contribution in [0.5, 0.6) is 5.75 Å². The van der Waals surface area contributed by atoms with Crippen LogP contribution in [0.1, 0.15) is 32.8 Å². The summed E-state index contributed by atoms with van der Waals surface area (Å²) in [5.74, 6) is 0.278. The standard InChI is InChI=1S/C24H30Cl2N2O3/c1-4-21(24(30)27-15-17(2)3)28(13-12-18-8-6-5-7-9-18)23(29)16-31-22-11-10-19(25)14-20(22)26/h5-11,14,17,21H,4,12-13,15-16H2,1-3H3,(H,27,30)/t21-/m1/s1. The van der Waals surface area contributed by atoms with Crippen molar-refractivity contribution >= 4 is 35.0 Å². The molecular weight excluding hydrogens is 435 g/mol. The van der Waals surface area contributed by atoms with Crippen LogP contribution in [0.15, 0.2) is 48.5 Å². The van der Waals surface area contributed by atoms with Gasteiger partial charge in [0.1, 0.15) is 11.8 Å². The van der Waals surface area contributed by atoms with Gasteiger partial charge < -0.3 is 15.0 Å². The predicted molar refractivity (Wildman–Crippen MR) is 126 cm³/mol. The molecule has 5 nitrogen and oxygen atoms in total. The number of ether oxygens (including phenoxy) is 1. The number of rotatable bonds is 11. The number of carbonyl (C=O) groups is 2. The molecule has 0 unspecified atom stereocenters. The van der Waals surface area contributed by atoms with Crippen molar-refractivity contribution in [2.75, 3.05) is 19.7 Å². The van der Waals surface area contributed by atoms with Gasteiger partial charge >= 0.3 is 0 Å². The van der Waals surface area contributed by atoms with Crippen molar-refractivity contribution in [1.82, 2.24) is 10.2 Å². The molecule has 0 saturated carbocycles. The molecule has 0 saturated heterocycles. The fraction of sp³-hybridized carbons (Fsp3) is 0.417. The van der Waals surface area contributed by atoms with E-state index in [4.69, 9.17) is 27.9 Å². The average molecular weight is 465 g/mol. The van der Waals surface area contributed by atoms with Crippen LogP contribution in [0, 0.1) is 5.92 Å². The lowest BCUT2D eigenvalue weighted by molar-refractivity contribution is -0.142. The third-order valence-corrected chi connectivity index (χ3v) is 5.33. The van der Waals surface area contributed by atoms with E-state index in [9.17, 15) is 9.59 Å². The highest BCUT2D eigenvalue weighted by atomic mass is 35.5. The topological polar surface area (TPSA) is 58.6 Å². The second-order valence-electron chi connectivity index (χ2n) is 7.75. The van der Waals surface area contributed by atoms with E-state index in [1.54, 1.807) is 23.1 Å². The van der Waals surface area contributed by atoms with Gasteiger partial charge in [-0.2, -0.15) is 0 Å². The third-order valence-electron chi connectivity index (χ3n) is 4.80. The van der Waals surface area contributed by atoms with E-state index in [1.807, 2.05) is 51.1 Å². The second kappa shape index (κ2) is 12.6. The largest absolute Gasteiger partial charge is 0.482 e. The Kier molecular flexibility index (Phi) is 10.2. The summed E-state index contributed by atoms with van der Waals surface area (Å²) in [6.07, 6.45) is 1.15. The Morgan fingerprint density at radius 3 is 2.42 bits per heavy atom. The number of nitrogens with one attached hydrogen (secondary N) is 1. The lowest BCUT2D eigenvalue weighted by Gasteiger charge is -2.30. The van der Waals surface area contributed by atoms with Gasteiger partial charge in [0.2, 0.25) is 5.91 Å². The van der Waals surface area contributed by atoms with E-state index < -0.39 is 6.04 Å². The zero-order valence-corrected chi connectivity index (χ0v) is 19.7. The van der Waals surface area contributed by atoms with Gasteiger partial charge in [-0.1, -0.05) is 74.3 Å². The maximum Gasteiger partial charge on any atom is 0.261 e. The summed E-state index contributed by atoms with van der Waals surface area (Å²) in [4.78, 5) is 27.5. The van der Waals surface area contributed by atoms with Gasteiger partial charge in [0, 0.05) is 18.1 Å². The highest BCUT2D eigenvalue weighted by molar-refractivity contribution is 6.35. The van der Waals surface area contributed by atoms with Crippen molar-refractivity contribution in [3.05, 3.63) is 64.1 Å². The first-order valence-corrected chi connectivity index (χ1v) is 11.3. The van der Waals surface area contributed by atoms with Gasteiger partial charge in [-0.3, -0.25) is 9.59 Å². The van der Waals surface area contributed by atoms with E-state index in [1.165, 1.54) is 0 Å². The molecule has 2 aromatic carbocycles. The summed E-state index contributed by atoms with van der Waals surface area (Å²) in [7, 11) is 0. The van der Waals surface area contributed by atoms with Gasteiger partial charge in [-0.15, -0.1) is 0 Å². The monoisotopic (exact) mass is 464 g/mol. The summed E-state index contributed by atoms with van der Waals surface area (Å²) >= 11 is 12.1. The number of hydrogen-bond acceptors (Lipinski definition) is 3. The highest BCUT2D eigenvalue weighted by Crippen LogP contribution is 2.27. The van der Waals surface area contributed by atoms with Crippen molar-refractivity contribution in [1.29, 1.82) is 0 Å². The summed E-state index contributed by atoms with van der Waals surface area (Å²) in [5, 5.41) is 3.76. The van der Waals surface area contributed by atoms with Gasteiger partial charge in [0.25, 0.3) is 5.91 Å². The Labute approximate surface area is 194 Å². The maximum atomic E-state index is 13.1. The van der Waals surface area contributed by atoms with E-state index in [-0.39, 0.29) is 18.4 Å². The van der Waals surface area contributed by atoms with Gasteiger partial charge in [0.05, 0.1) is 5.02 Å². The minimum atomic E-state index is -0.570. The maximum absolute atomic E-state index is 13.1. The minimum Gasteiger partial charge on any atom is -0.482 e. The molecule has 31 heavy (non-hydrogen) atoms. The number of benzene rings is 2. The van der Waals surface area contributed by atoms with E-state index in [0.717, 1.165) is 5.56 Å². The fourth-order valence-corrected chi connectivity index (χ4v) is 3.60. The SMILES string of the molecule is CC[C@H](C(=O)NCC(C)C)N(CCc1ccccc1)C(=O)COc1ccc(Cl)cc1Cl. The van der Waals surface area contributed by atoms with Crippen LogP contribution in [0.3, 0.4) is 0 Å². The van der Waals surface area contributed by atoms with Crippen LogP contribution in [-0.4, -0.2) is 42.5 Å². The molecule has 0 aliphatic rings. The summed E-state index contributed by atoms with van der Waals surface area (Å²) in [6.45, 7) is 6.72. The lowest BCUT2D eigenvalue weighted by atomic mass is 10.1. The molecule has 0 heterocycles. The van der Waals surface area contributed by atoms with Crippen LogP contribution in [-0.2, 0) is 16.0 Å². The van der Waals surface area contributed by atoms with Crippen molar-refractivity contribution in [3.8, 4) is 5.75 Å². The van der Waals surface area contributed by atoms with Crippen LogP contribution in [0.4, 0.5) is 0 Å². The molecule has 0 spiro atoms. The van der Waals surface area contributed by atoms with Crippen molar-refractivity contribution in [2.24, 2.45) is 5.92 Å². The average Bonchev–Trinajstić information content (AvgIpc) is 2.74. The highest BCUT2D eigenvalue weighted by Gasteiger charge is 2.28. The molecule has 7 heteroatoms. The molecule has 2 aromatic rings. The van der Waals surface area contributed by atoms with Crippen molar-refractivity contribution in [2.45, 2.75) is 39.7 Å². The molecule has 0 bridgehead atoms. The summed E-state index contributed by atoms with van der Waals surface area (Å²) in [6, 6.07) is 14.1. The van der Waals surface area contributed by atoms with Gasteiger partial charge in [0.15, 0.2) is 6.61 Å². The number of halogens is 2. The molecule has 1 atom stereocenters.